The van der Waals surface area contributed by atoms with Gasteiger partial charge in [-0.3, -0.25) is 0 Å². The summed E-state index contributed by atoms with van der Waals surface area (Å²) in [6.45, 7) is 0.941. The summed E-state index contributed by atoms with van der Waals surface area (Å²) in [6, 6.07) is 42.2. The van der Waals surface area contributed by atoms with Gasteiger partial charge >= 0.3 is 17.9 Å². The monoisotopic (exact) mass is 852 g/mol. The Balaban J connectivity index is 0.000000207. The summed E-state index contributed by atoms with van der Waals surface area (Å²) >= 11 is 0. The lowest BCUT2D eigenvalue weighted by Crippen LogP contribution is -2.04. The second kappa shape index (κ2) is 26.1. The number of carbonyl (C=O) groups is 3. The molecule has 0 atom stereocenters. The van der Waals surface area contributed by atoms with Gasteiger partial charge < -0.3 is 44.8 Å². The highest BCUT2D eigenvalue weighted by Crippen LogP contribution is 2.27. The second-order valence-electron chi connectivity index (χ2n) is 13.5. The Hall–Kier alpha value is -8.25. The van der Waals surface area contributed by atoms with E-state index in [1.807, 2.05) is 91.0 Å². The topological polar surface area (TPSA) is 200 Å². The van der Waals surface area contributed by atoms with E-state index in [9.17, 15) is 45.0 Å². The number of carbonyl (C=O) groups excluding carboxylic acids is 3. The molecule has 0 aromatic heterocycles. The van der Waals surface area contributed by atoms with Gasteiger partial charge in [-0.15, -0.1) is 0 Å². The third kappa shape index (κ3) is 18.7. The smallest absolute Gasteiger partial charge is 0.330 e. The molecule has 0 aliphatic heterocycles. The lowest BCUT2D eigenvalue weighted by atomic mass is 10.2. The molecule has 0 spiro atoms. The van der Waals surface area contributed by atoms with Crippen LogP contribution in [0.3, 0.4) is 0 Å². The van der Waals surface area contributed by atoms with Crippen molar-refractivity contribution in [2.45, 2.75) is 19.3 Å². The Kier molecular flexibility index (Phi) is 19.6. The van der Waals surface area contributed by atoms with Crippen molar-refractivity contribution in [2.75, 3.05) is 19.8 Å². The highest BCUT2D eigenvalue weighted by molar-refractivity contribution is 5.88. The lowest BCUT2D eigenvalue weighted by Gasteiger charge is -2.02. The molecule has 0 heterocycles. The molecule has 0 radical (unpaired) electrons. The van der Waals surface area contributed by atoms with Gasteiger partial charge in [0, 0.05) is 37.5 Å². The molecule has 6 aromatic carbocycles. The maximum atomic E-state index is 11.5. The lowest BCUT2D eigenvalue weighted by molar-refractivity contribution is -0.138. The van der Waals surface area contributed by atoms with E-state index in [4.69, 9.17) is 14.2 Å². The fourth-order valence-corrected chi connectivity index (χ4v) is 5.31. The van der Waals surface area contributed by atoms with E-state index in [1.165, 1.54) is 72.9 Å². The van der Waals surface area contributed by atoms with Crippen LogP contribution in [-0.4, -0.2) is 68.4 Å². The third-order valence-corrected chi connectivity index (χ3v) is 8.67. The van der Waals surface area contributed by atoms with Crippen LogP contribution in [0, 0.1) is 0 Å². The molecule has 6 rings (SSSR count). The zero-order valence-corrected chi connectivity index (χ0v) is 34.2. The van der Waals surface area contributed by atoms with Crippen LogP contribution in [0.4, 0.5) is 0 Å². The van der Waals surface area contributed by atoms with Crippen molar-refractivity contribution < 1.29 is 59.2 Å². The van der Waals surface area contributed by atoms with Crippen molar-refractivity contribution in [3.8, 4) is 34.5 Å². The number of phenols is 6. The summed E-state index contributed by atoms with van der Waals surface area (Å²) in [4.78, 5) is 34.6. The molecule has 0 amide bonds. The predicted octanol–water partition coefficient (Wildman–Crippen LogP) is 8.69. The molecule has 324 valence electrons. The van der Waals surface area contributed by atoms with Gasteiger partial charge in [0.25, 0.3) is 0 Å². The zero-order chi connectivity index (χ0) is 45.2. The normalized spacial score (nSPS) is 10.7. The number of benzene rings is 6. The van der Waals surface area contributed by atoms with Crippen molar-refractivity contribution in [3.63, 3.8) is 0 Å². The number of hydrogen-bond acceptors (Lipinski definition) is 12. The predicted molar refractivity (Wildman–Crippen MR) is 240 cm³/mol. The summed E-state index contributed by atoms with van der Waals surface area (Å²) in [5, 5.41) is 55.5. The molecule has 6 N–H and O–H groups in total. The molecule has 0 saturated carbocycles. The summed E-state index contributed by atoms with van der Waals surface area (Å²) in [6.07, 6.45) is 10.4. The second-order valence-corrected chi connectivity index (χ2v) is 13.5. The zero-order valence-electron chi connectivity index (χ0n) is 34.2. The Labute approximate surface area is 365 Å². The van der Waals surface area contributed by atoms with E-state index in [-0.39, 0.29) is 34.5 Å². The maximum Gasteiger partial charge on any atom is 0.330 e. The third-order valence-electron chi connectivity index (χ3n) is 8.67. The first kappa shape index (κ1) is 47.4. The minimum Gasteiger partial charge on any atom is -0.504 e. The van der Waals surface area contributed by atoms with Gasteiger partial charge in [0.15, 0.2) is 34.5 Å². The number of aromatic hydroxyl groups is 6. The average molecular weight is 853 g/mol. The minimum absolute atomic E-state index is 0.197. The number of phenolic OH excluding ortho intramolecular Hbond substituents is 6. The van der Waals surface area contributed by atoms with Crippen LogP contribution >= 0.6 is 0 Å². The molecule has 0 aliphatic carbocycles. The van der Waals surface area contributed by atoms with E-state index in [2.05, 4.69) is 0 Å². The van der Waals surface area contributed by atoms with Gasteiger partial charge in [-0.1, -0.05) is 109 Å². The molecule has 6 aromatic rings. The van der Waals surface area contributed by atoms with E-state index >= 15 is 0 Å². The number of rotatable bonds is 15. The molecule has 63 heavy (non-hydrogen) atoms. The summed E-state index contributed by atoms with van der Waals surface area (Å²) in [5.41, 5.74) is 5.13. The van der Waals surface area contributed by atoms with Crippen molar-refractivity contribution in [1.82, 2.24) is 0 Å². The molecule has 0 fully saturated rings. The Morgan fingerprint density at radius 3 is 0.841 bits per heavy atom. The van der Waals surface area contributed by atoms with Gasteiger partial charge in [0.1, 0.15) is 0 Å². The standard InChI is InChI=1S/3C17H16O4/c3*18-15-8-6-14(12-16(15)19)7-9-17(20)21-11-10-13-4-2-1-3-5-13/h3*1-9,12,18-19H,10-11H2/b3*9-7+. The molecular formula is C51H48O12. The fraction of sp³-hybridized carbons (Fsp3) is 0.118. The molecular weight excluding hydrogens is 805 g/mol. The van der Waals surface area contributed by atoms with Gasteiger partial charge in [0.2, 0.25) is 0 Å². The molecule has 0 aliphatic rings. The van der Waals surface area contributed by atoms with Crippen molar-refractivity contribution in [2.24, 2.45) is 0 Å². The Bertz CT molecular complexity index is 2170. The van der Waals surface area contributed by atoms with Crippen LogP contribution in [0.5, 0.6) is 34.5 Å². The van der Waals surface area contributed by atoms with Crippen LogP contribution in [0.2, 0.25) is 0 Å². The Morgan fingerprint density at radius 1 is 0.349 bits per heavy atom. The minimum atomic E-state index is -0.446. The highest BCUT2D eigenvalue weighted by Gasteiger charge is 2.04. The van der Waals surface area contributed by atoms with Crippen LogP contribution < -0.4 is 0 Å². The summed E-state index contributed by atoms with van der Waals surface area (Å²) < 4.78 is 15.3. The molecule has 12 nitrogen and oxygen atoms in total. The highest BCUT2D eigenvalue weighted by atomic mass is 16.5. The van der Waals surface area contributed by atoms with Crippen molar-refractivity contribution in [1.29, 1.82) is 0 Å². The van der Waals surface area contributed by atoms with Gasteiger partial charge in [-0.2, -0.15) is 0 Å². The first-order valence-corrected chi connectivity index (χ1v) is 19.7. The van der Waals surface area contributed by atoms with Crippen LogP contribution in [0.1, 0.15) is 33.4 Å². The maximum absolute atomic E-state index is 11.5. The molecule has 12 heteroatoms. The van der Waals surface area contributed by atoms with Gasteiger partial charge in [0.05, 0.1) is 19.8 Å². The van der Waals surface area contributed by atoms with Crippen LogP contribution in [0.25, 0.3) is 18.2 Å². The fourth-order valence-electron chi connectivity index (χ4n) is 5.31. The van der Waals surface area contributed by atoms with Crippen molar-refractivity contribution in [3.05, 3.63) is 197 Å². The summed E-state index contributed by atoms with van der Waals surface area (Å²) in [5.74, 6) is -2.61. The van der Waals surface area contributed by atoms with Crippen LogP contribution in [0.15, 0.2) is 164 Å². The largest absolute Gasteiger partial charge is 0.504 e. The first-order chi connectivity index (χ1) is 30.4. The Morgan fingerprint density at radius 2 is 0.603 bits per heavy atom. The number of ether oxygens (including phenoxy) is 3. The summed E-state index contributed by atoms with van der Waals surface area (Å²) in [7, 11) is 0. The van der Waals surface area contributed by atoms with E-state index in [0.29, 0.717) is 55.8 Å². The quantitative estimate of drug-likeness (QED) is 0.0249. The molecule has 0 saturated heterocycles. The van der Waals surface area contributed by atoms with Crippen LogP contribution in [-0.2, 0) is 47.9 Å². The average Bonchev–Trinajstić information content (AvgIpc) is 3.29. The van der Waals surface area contributed by atoms with Gasteiger partial charge in [-0.05, 0) is 88.0 Å². The first-order valence-electron chi connectivity index (χ1n) is 19.7. The van der Waals surface area contributed by atoms with E-state index in [1.54, 1.807) is 18.2 Å². The van der Waals surface area contributed by atoms with E-state index in [0.717, 1.165) is 16.7 Å². The number of esters is 3. The van der Waals surface area contributed by atoms with E-state index < -0.39 is 17.9 Å². The SMILES string of the molecule is O=C(/C=C/c1ccc(O)c(O)c1)OCCc1ccccc1.O=C(/C=C/c1ccc(O)c(O)c1)OCCc1ccccc1.O=C(/C=C/c1ccc(O)c(O)c1)OCCc1ccccc1. The van der Waals surface area contributed by atoms with Gasteiger partial charge in [-0.25, -0.2) is 14.4 Å². The molecule has 0 unspecified atom stereocenters. The van der Waals surface area contributed by atoms with Crippen molar-refractivity contribution >= 4 is 36.1 Å². The number of hydrogen-bond donors (Lipinski definition) is 6. The molecule has 0 bridgehead atoms.